The van der Waals surface area contributed by atoms with Crippen LogP contribution < -0.4 is 16.4 Å². The number of fused-ring (bicyclic) bond motifs is 1. The molecule has 1 aliphatic rings. The molecule has 0 radical (unpaired) electrons. The number of alkyl halides is 3. The summed E-state index contributed by atoms with van der Waals surface area (Å²) in [7, 11) is 0. The minimum absolute atomic E-state index is 0.173. The van der Waals surface area contributed by atoms with Gasteiger partial charge in [-0.15, -0.1) is 0 Å². The molecule has 3 heterocycles. The molecule has 5 rings (SSSR count). The smallest absolute Gasteiger partial charge is 0.382 e. The van der Waals surface area contributed by atoms with E-state index in [9.17, 15) is 18.0 Å². The number of morpholine rings is 1. The number of hydrogen-bond donors (Lipinski definition) is 2. The van der Waals surface area contributed by atoms with Gasteiger partial charge in [-0.3, -0.25) is 9.80 Å². The molecule has 4 aromatic rings. The molecule has 0 bridgehead atoms. The summed E-state index contributed by atoms with van der Waals surface area (Å²) < 4.78 is 62.6. The zero-order valence-electron chi connectivity index (χ0n) is 20.3. The van der Waals surface area contributed by atoms with Gasteiger partial charge in [0, 0.05) is 25.2 Å². The number of carbonyl (C=O) groups excluding carboxylic acids is 1. The van der Waals surface area contributed by atoms with Crippen LogP contribution in [-0.4, -0.2) is 51.8 Å². The summed E-state index contributed by atoms with van der Waals surface area (Å²) in [6.07, 6.45) is -3.40. The van der Waals surface area contributed by atoms with Crippen molar-refractivity contribution in [3.63, 3.8) is 0 Å². The van der Waals surface area contributed by atoms with Crippen molar-refractivity contribution >= 4 is 40.3 Å². The molecular weight excluding hydrogens is 542 g/mol. The second-order valence-electron chi connectivity index (χ2n) is 8.85. The molecule has 0 unspecified atom stereocenters. The van der Waals surface area contributed by atoms with Crippen molar-refractivity contribution < 1.29 is 27.1 Å². The van der Waals surface area contributed by atoms with Crippen molar-refractivity contribution in [2.24, 2.45) is 5.73 Å². The van der Waals surface area contributed by atoms with Crippen molar-refractivity contribution in [2.75, 3.05) is 36.9 Å². The van der Waals surface area contributed by atoms with Crippen molar-refractivity contribution in [1.82, 2.24) is 19.5 Å². The molecule has 1 saturated heterocycles. The van der Waals surface area contributed by atoms with Gasteiger partial charge in [-0.05, 0) is 42.0 Å². The molecule has 9 nitrogen and oxygen atoms in total. The Labute approximate surface area is 224 Å². The molecule has 14 heteroatoms. The fraction of sp³-hybridized carbons (Fsp3) is 0.240. The average Bonchev–Trinajstić information content (AvgIpc) is 3.25. The summed E-state index contributed by atoms with van der Waals surface area (Å²) >= 11 is 6.10. The summed E-state index contributed by atoms with van der Waals surface area (Å²) in [6.45, 7) is 3.20. The molecule has 2 aromatic heterocycles. The summed E-state index contributed by atoms with van der Waals surface area (Å²) in [4.78, 5) is 19.2. The first kappa shape index (κ1) is 26.7. The molecule has 39 heavy (non-hydrogen) atoms. The molecule has 0 atom stereocenters. The molecule has 2 amide bonds. The number of nitrogen functional groups attached to an aromatic ring is 1. The van der Waals surface area contributed by atoms with Gasteiger partial charge in [-0.1, -0.05) is 17.7 Å². The lowest BCUT2D eigenvalue weighted by molar-refractivity contribution is -0.137. The third kappa shape index (κ3) is 5.20. The Morgan fingerprint density at radius 2 is 1.85 bits per heavy atom. The lowest BCUT2D eigenvalue weighted by Gasteiger charge is -2.26. The Bertz CT molecular complexity index is 1550. The normalized spacial score (nSPS) is 14.6. The Morgan fingerprint density at radius 3 is 2.51 bits per heavy atom. The quantitative estimate of drug-likeness (QED) is 0.336. The van der Waals surface area contributed by atoms with E-state index in [1.807, 2.05) is 6.07 Å². The maximum atomic E-state index is 15.6. The topological polar surface area (TPSA) is 115 Å². The highest BCUT2D eigenvalue weighted by atomic mass is 35.5. The minimum atomic E-state index is -4.72. The maximum Gasteiger partial charge on any atom is 0.416 e. The molecule has 4 N–H and O–H groups in total. The molecule has 0 spiro atoms. The van der Waals surface area contributed by atoms with E-state index in [1.165, 1.54) is 18.5 Å². The number of primary amides is 1. The van der Waals surface area contributed by atoms with Crippen LogP contribution in [0.3, 0.4) is 0 Å². The number of halogens is 5. The number of nitrogens with zero attached hydrogens (tertiary/aromatic N) is 5. The van der Waals surface area contributed by atoms with Gasteiger partial charge in [0.25, 0.3) is 0 Å². The number of amides is 2. The summed E-state index contributed by atoms with van der Waals surface area (Å²) in [5.74, 6) is -0.753. The largest absolute Gasteiger partial charge is 0.416 e. The highest BCUT2D eigenvalue weighted by molar-refractivity contribution is 6.34. The first-order chi connectivity index (χ1) is 18.5. The van der Waals surface area contributed by atoms with E-state index in [2.05, 4.69) is 15.0 Å². The zero-order chi connectivity index (χ0) is 27.9. The highest BCUT2D eigenvalue weighted by Crippen LogP contribution is 2.40. The van der Waals surface area contributed by atoms with Crippen LogP contribution >= 0.6 is 11.6 Å². The van der Waals surface area contributed by atoms with Crippen LogP contribution in [0.5, 0.6) is 0 Å². The van der Waals surface area contributed by atoms with Crippen LogP contribution in [0.1, 0.15) is 11.3 Å². The SMILES string of the molecule is NC(=O)N(c1ccc(-c2cc(CN3CCOCC3)n3ncnc(N)c23)cc1F)c1cc(C(F)(F)F)ccc1Cl. The van der Waals surface area contributed by atoms with Gasteiger partial charge >= 0.3 is 12.2 Å². The monoisotopic (exact) mass is 563 g/mol. The number of benzene rings is 2. The zero-order valence-corrected chi connectivity index (χ0v) is 21.0. The van der Waals surface area contributed by atoms with Gasteiger partial charge in [-0.25, -0.2) is 18.7 Å². The number of urea groups is 1. The standard InChI is InChI=1S/C25H22ClF4N7O2/c26-18-3-2-15(25(28,29)30)10-21(18)36(24(32)38)20-4-1-14(9-19(20)27)17-11-16(12-35-5-7-39-8-6-35)37-22(17)23(31)33-13-34-37/h1-4,9-11,13H,5-8,12H2,(H2,32,38)(H2,31,33,34). The molecule has 1 aliphatic heterocycles. The van der Waals surface area contributed by atoms with Gasteiger partial charge in [0.2, 0.25) is 0 Å². The van der Waals surface area contributed by atoms with Gasteiger partial charge < -0.3 is 16.2 Å². The van der Waals surface area contributed by atoms with E-state index in [0.717, 1.165) is 37.0 Å². The highest BCUT2D eigenvalue weighted by Gasteiger charge is 2.33. The molecule has 0 aliphatic carbocycles. The summed E-state index contributed by atoms with van der Waals surface area (Å²) in [5.41, 5.74) is 11.9. The first-order valence-electron chi connectivity index (χ1n) is 11.7. The Kier molecular flexibility index (Phi) is 7.05. The molecular formula is C25H22ClF4N7O2. The van der Waals surface area contributed by atoms with Crippen LogP contribution in [0.25, 0.3) is 16.6 Å². The van der Waals surface area contributed by atoms with Crippen molar-refractivity contribution in [3.8, 4) is 11.1 Å². The minimum Gasteiger partial charge on any atom is -0.382 e. The number of hydrogen-bond acceptors (Lipinski definition) is 6. The number of carbonyl (C=O) groups is 1. The first-order valence-corrected chi connectivity index (χ1v) is 12.1. The van der Waals surface area contributed by atoms with Crippen molar-refractivity contribution in [2.45, 2.75) is 12.7 Å². The van der Waals surface area contributed by atoms with Crippen molar-refractivity contribution in [3.05, 3.63) is 70.9 Å². The van der Waals surface area contributed by atoms with E-state index in [-0.39, 0.29) is 16.5 Å². The predicted molar refractivity (Wildman–Crippen MR) is 137 cm³/mol. The second kappa shape index (κ2) is 10.3. The molecule has 0 saturated carbocycles. The van der Waals surface area contributed by atoms with E-state index in [0.29, 0.717) is 47.4 Å². The number of anilines is 3. The van der Waals surface area contributed by atoms with Crippen LogP contribution in [0.2, 0.25) is 5.02 Å². The lowest BCUT2D eigenvalue weighted by Crippen LogP contribution is -2.36. The summed E-state index contributed by atoms with van der Waals surface area (Å²) in [5, 5.41) is 4.10. The van der Waals surface area contributed by atoms with E-state index in [4.69, 9.17) is 27.8 Å². The Morgan fingerprint density at radius 1 is 1.10 bits per heavy atom. The fourth-order valence-electron chi connectivity index (χ4n) is 4.54. The van der Waals surface area contributed by atoms with Crippen LogP contribution in [0.15, 0.2) is 48.8 Å². The number of ether oxygens (including phenoxy) is 1. The lowest BCUT2D eigenvalue weighted by atomic mass is 10.0. The molecule has 204 valence electrons. The van der Waals surface area contributed by atoms with Gasteiger partial charge in [0.15, 0.2) is 5.82 Å². The van der Waals surface area contributed by atoms with Gasteiger partial charge in [0.05, 0.1) is 40.9 Å². The average molecular weight is 564 g/mol. The van der Waals surface area contributed by atoms with Crippen molar-refractivity contribution in [1.29, 1.82) is 0 Å². The number of aromatic nitrogens is 3. The third-order valence-corrected chi connectivity index (χ3v) is 6.70. The maximum absolute atomic E-state index is 15.6. The summed E-state index contributed by atoms with van der Waals surface area (Å²) in [6, 6.07) is 6.82. The van der Waals surface area contributed by atoms with Crippen LogP contribution in [0.4, 0.5) is 39.5 Å². The predicted octanol–water partition coefficient (Wildman–Crippen LogP) is 4.84. The van der Waals surface area contributed by atoms with Gasteiger partial charge in [0.1, 0.15) is 17.7 Å². The number of rotatable bonds is 5. The van der Waals surface area contributed by atoms with E-state index >= 15 is 4.39 Å². The van der Waals surface area contributed by atoms with E-state index < -0.39 is 29.3 Å². The third-order valence-electron chi connectivity index (χ3n) is 6.38. The van der Waals surface area contributed by atoms with Crippen LogP contribution in [-0.2, 0) is 17.5 Å². The molecule has 1 fully saturated rings. The molecule has 2 aromatic carbocycles. The van der Waals surface area contributed by atoms with Gasteiger partial charge in [-0.2, -0.15) is 18.3 Å². The Balaban J connectivity index is 1.57. The Hall–Kier alpha value is -3.94. The van der Waals surface area contributed by atoms with Crippen LogP contribution in [0, 0.1) is 5.82 Å². The second-order valence-corrected chi connectivity index (χ2v) is 9.25. The fourth-order valence-corrected chi connectivity index (χ4v) is 4.74. The van der Waals surface area contributed by atoms with E-state index in [1.54, 1.807) is 4.52 Å². The number of nitrogens with two attached hydrogens (primary N) is 2.